The summed E-state index contributed by atoms with van der Waals surface area (Å²) in [6.07, 6.45) is 2.11. The van der Waals surface area contributed by atoms with Crippen LogP contribution in [0.25, 0.3) is 0 Å². The van der Waals surface area contributed by atoms with Gasteiger partial charge in [0.05, 0.1) is 13.2 Å². The van der Waals surface area contributed by atoms with Crippen LogP contribution in [-0.2, 0) is 11.3 Å². The van der Waals surface area contributed by atoms with Crippen LogP contribution in [0.4, 0.5) is 6.01 Å². The van der Waals surface area contributed by atoms with Crippen LogP contribution in [0.1, 0.15) is 25.7 Å². The third-order valence-electron chi connectivity index (χ3n) is 2.65. The maximum atomic E-state index is 5.61. The molecule has 17 heavy (non-hydrogen) atoms. The first-order valence-electron chi connectivity index (χ1n) is 6.26. The molecule has 0 radical (unpaired) electrons. The fraction of sp³-hybridized carbons (Fsp3) is 0.818. The van der Waals surface area contributed by atoms with Crippen molar-refractivity contribution in [3.63, 3.8) is 0 Å². The molecule has 0 atom stereocenters. The zero-order valence-corrected chi connectivity index (χ0v) is 10.3. The summed E-state index contributed by atoms with van der Waals surface area (Å²) in [6.45, 7) is 7.03. The molecular weight excluding hydrogens is 220 g/mol. The zero-order chi connectivity index (χ0) is 11.9. The fourth-order valence-corrected chi connectivity index (χ4v) is 1.75. The average Bonchev–Trinajstić information content (AvgIpc) is 2.64. The summed E-state index contributed by atoms with van der Waals surface area (Å²) in [5.41, 5.74) is 0. The molecule has 1 aromatic heterocycles. The van der Waals surface area contributed by atoms with E-state index in [0.717, 1.165) is 45.7 Å². The molecule has 1 aliphatic rings. The van der Waals surface area contributed by atoms with E-state index < -0.39 is 0 Å². The van der Waals surface area contributed by atoms with Gasteiger partial charge in [-0.2, -0.15) is 0 Å². The number of nitrogens with zero attached hydrogens (tertiary/aromatic N) is 3. The second-order valence-electron chi connectivity index (χ2n) is 4.11. The van der Waals surface area contributed by atoms with Crippen molar-refractivity contribution < 1.29 is 9.15 Å². The Morgan fingerprint density at radius 3 is 3.12 bits per heavy atom. The molecule has 6 heteroatoms. The Hall–Kier alpha value is -1.14. The Balaban J connectivity index is 1.87. The molecular formula is C11H20N4O2. The molecule has 0 unspecified atom stereocenters. The number of rotatable bonds is 5. The molecule has 0 bridgehead atoms. The van der Waals surface area contributed by atoms with Crippen LogP contribution in [0, 0.1) is 0 Å². The van der Waals surface area contributed by atoms with Crippen LogP contribution in [0.5, 0.6) is 0 Å². The summed E-state index contributed by atoms with van der Waals surface area (Å²) in [5, 5.41) is 11.3. The highest BCUT2D eigenvalue weighted by Crippen LogP contribution is 2.13. The molecule has 0 aromatic carbocycles. The largest absolute Gasteiger partial charge is 0.407 e. The number of anilines is 1. The number of hydrogen-bond donors (Lipinski definition) is 1. The molecule has 0 amide bonds. The minimum atomic E-state index is 0.615. The summed E-state index contributed by atoms with van der Waals surface area (Å²) in [4.78, 5) is 2.09. The summed E-state index contributed by atoms with van der Waals surface area (Å²) < 4.78 is 11.0. The zero-order valence-electron chi connectivity index (χ0n) is 10.3. The van der Waals surface area contributed by atoms with Gasteiger partial charge in [-0.3, -0.25) is 0 Å². The lowest BCUT2D eigenvalue weighted by atomic mass is 10.4. The van der Waals surface area contributed by atoms with Crippen LogP contribution in [0.3, 0.4) is 0 Å². The molecule has 1 fully saturated rings. The SMILES string of the molecule is CCCNCc1nnc(N2CCCOCC2)o1. The molecule has 0 aliphatic carbocycles. The highest BCUT2D eigenvalue weighted by Gasteiger charge is 2.15. The number of ether oxygens (including phenoxy) is 1. The van der Waals surface area contributed by atoms with Crippen molar-refractivity contribution in [3.8, 4) is 0 Å². The van der Waals surface area contributed by atoms with Gasteiger partial charge in [-0.05, 0) is 19.4 Å². The van der Waals surface area contributed by atoms with E-state index in [2.05, 4.69) is 27.3 Å². The molecule has 0 spiro atoms. The normalized spacial score (nSPS) is 17.1. The predicted octanol–water partition coefficient (Wildman–Crippen LogP) is 0.796. The highest BCUT2D eigenvalue weighted by atomic mass is 16.5. The standard InChI is InChI=1S/C11H20N4O2/c1-2-4-12-9-10-13-14-11(17-10)15-5-3-7-16-8-6-15/h12H,2-9H2,1H3. The van der Waals surface area contributed by atoms with E-state index in [1.807, 2.05) is 0 Å². The second kappa shape index (κ2) is 6.56. The monoisotopic (exact) mass is 240 g/mol. The Labute approximate surface area is 101 Å². The Morgan fingerprint density at radius 2 is 2.24 bits per heavy atom. The Kier molecular flexibility index (Phi) is 4.75. The van der Waals surface area contributed by atoms with E-state index in [4.69, 9.17) is 9.15 Å². The van der Waals surface area contributed by atoms with E-state index in [-0.39, 0.29) is 0 Å². The van der Waals surface area contributed by atoms with Gasteiger partial charge in [0.25, 0.3) is 0 Å². The van der Waals surface area contributed by atoms with Crippen molar-refractivity contribution in [2.75, 3.05) is 37.7 Å². The maximum absolute atomic E-state index is 5.61. The lowest BCUT2D eigenvalue weighted by Gasteiger charge is -2.15. The van der Waals surface area contributed by atoms with Crippen molar-refractivity contribution in [3.05, 3.63) is 5.89 Å². The summed E-state index contributed by atoms with van der Waals surface area (Å²) >= 11 is 0. The van der Waals surface area contributed by atoms with E-state index in [1.165, 1.54) is 0 Å². The van der Waals surface area contributed by atoms with Crippen molar-refractivity contribution in [2.45, 2.75) is 26.3 Å². The topological polar surface area (TPSA) is 63.4 Å². The Morgan fingerprint density at radius 1 is 1.29 bits per heavy atom. The highest BCUT2D eigenvalue weighted by molar-refractivity contribution is 5.23. The van der Waals surface area contributed by atoms with Crippen LogP contribution < -0.4 is 10.2 Å². The van der Waals surface area contributed by atoms with Crippen LogP contribution in [-0.4, -0.2) is 43.0 Å². The van der Waals surface area contributed by atoms with E-state index >= 15 is 0 Å². The number of aromatic nitrogens is 2. The van der Waals surface area contributed by atoms with Gasteiger partial charge in [0.1, 0.15) is 0 Å². The lowest BCUT2D eigenvalue weighted by Crippen LogP contribution is -2.26. The van der Waals surface area contributed by atoms with Gasteiger partial charge in [-0.1, -0.05) is 12.0 Å². The van der Waals surface area contributed by atoms with Gasteiger partial charge in [-0.15, -0.1) is 5.10 Å². The van der Waals surface area contributed by atoms with Crippen molar-refractivity contribution in [1.82, 2.24) is 15.5 Å². The summed E-state index contributed by atoms with van der Waals surface area (Å²) in [5.74, 6) is 0.651. The number of nitrogens with one attached hydrogen (secondary N) is 1. The Bertz CT molecular complexity index is 321. The molecule has 96 valence electrons. The van der Waals surface area contributed by atoms with E-state index in [9.17, 15) is 0 Å². The molecule has 2 rings (SSSR count). The first-order chi connectivity index (χ1) is 8.40. The van der Waals surface area contributed by atoms with Gasteiger partial charge in [0, 0.05) is 19.7 Å². The van der Waals surface area contributed by atoms with Crippen molar-refractivity contribution in [1.29, 1.82) is 0 Å². The third kappa shape index (κ3) is 3.67. The van der Waals surface area contributed by atoms with Gasteiger partial charge < -0.3 is 19.4 Å². The van der Waals surface area contributed by atoms with Crippen LogP contribution in [0.15, 0.2) is 4.42 Å². The van der Waals surface area contributed by atoms with E-state index in [0.29, 0.717) is 18.5 Å². The molecule has 1 N–H and O–H groups in total. The van der Waals surface area contributed by atoms with Gasteiger partial charge >= 0.3 is 6.01 Å². The van der Waals surface area contributed by atoms with Crippen LogP contribution >= 0.6 is 0 Å². The van der Waals surface area contributed by atoms with Gasteiger partial charge in [0.15, 0.2) is 0 Å². The first kappa shape index (κ1) is 12.3. The van der Waals surface area contributed by atoms with Gasteiger partial charge in [-0.25, -0.2) is 0 Å². The average molecular weight is 240 g/mol. The molecule has 1 saturated heterocycles. The third-order valence-corrected chi connectivity index (χ3v) is 2.65. The molecule has 1 aliphatic heterocycles. The predicted molar refractivity (Wildman–Crippen MR) is 63.9 cm³/mol. The lowest BCUT2D eigenvalue weighted by molar-refractivity contribution is 0.152. The first-order valence-corrected chi connectivity index (χ1v) is 6.26. The van der Waals surface area contributed by atoms with E-state index in [1.54, 1.807) is 0 Å². The minimum Gasteiger partial charge on any atom is -0.407 e. The number of hydrogen-bond acceptors (Lipinski definition) is 6. The second-order valence-corrected chi connectivity index (χ2v) is 4.11. The summed E-state index contributed by atoms with van der Waals surface area (Å²) in [7, 11) is 0. The van der Waals surface area contributed by atoms with Crippen molar-refractivity contribution in [2.24, 2.45) is 0 Å². The van der Waals surface area contributed by atoms with Gasteiger partial charge in [0.2, 0.25) is 5.89 Å². The quantitative estimate of drug-likeness (QED) is 0.768. The molecule has 0 saturated carbocycles. The molecule has 2 heterocycles. The molecule has 6 nitrogen and oxygen atoms in total. The molecule has 1 aromatic rings. The van der Waals surface area contributed by atoms with Crippen LogP contribution in [0.2, 0.25) is 0 Å². The maximum Gasteiger partial charge on any atom is 0.318 e. The minimum absolute atomic E-state index is 0.615. The smallest absolute Gasteiger partial charge is 0.318 e. The van der Waals surface area contributed by atoms with Crippen molar-refractivity contribution >= 4 is 6.01 Å². The summed E-state index contributed by atoms with van der Waals surface area (Å²) in [6, 6.07) is 0.615. The fourth-order valence-electron chi connectivity index (χ4n) is 1.75.